The van der Waals surface area contributed by atoms with E-state index in [2.05, 4.69) is 31.2 Å². The van der Waals surface area contributed by atoms with E-state index in [4.69, 9.17) is 0 Å². The average molecular weight is 326 g/mol. The molecule has 4 rings (SSSR count). The SMILES string of the molecule is Cc1cccc(CN2CC[C@]3(CCN(C(=O)CC4CC4)C3)C2=O)c1. The van der Waals surface area contributed by atoms with Crippen molar-refractivity contribution in [3.63, 3.8) is 0 Å². The highest BCUT2D eigenvalue weighted by Gasteiger charge is 2.51. The predicted octanol–water partition coefficient (Wildman–Crippen LogP) is 2.75. The van der Waals surface area contributed by atoms with Gasteiger partial charge in [-0.3, -0.25) is 9.59 Å². The molecule has 1 atom stereocenters. The molecule has 1 aromatic rings. The molecule has 4 nitrogen and oxygen atoms in total. The molecule has 24 heavy (non-hydrogen) atoms. The van der Waals surface area contributed by atoms with Gasteiger partial charge in [-0.2, -0.15) is 0 Å². The van der Waals surface area contributed by atoms with Crippen LogP contribution in [0.15, 0.2) is 24.3 Å². The second-order valence-electron chi connectivity index (χ2n) is 7.96. The van der Waals surface area contributed by atoms with Gasteiger partial charge in [-0.05, 0) is 44.1 Å². The van der Waals surface area contributed by atoms with Gasteiger partial charge in [0.25, 0.3) is 0 Å². The lowest BCUT2D eigenvalue weighted by Gasteiger charge is -2.24. The van der Waals surface area contributed by atoms with Crippen molar-refractivity contribution in [2.75, 3.05) is 19.6 Å². The van der Waals surface area contributed by atoms with Gasteiger partial charge in [0.15, 0.2) is 0 Å². The van der Waals surface area contributed by atoms with Crippen molar-refractivity contribution in [2.45, 2.75) is 45.6 Å². The first-order valence-electron chi connectivity index (χ1n) is 9.18. The summed E-state index contributed by atoms with van der Waals surface area (Å²) >= 11 is 0. The van der Waals surface area contributed by atoms with E-state index in [1.54, 1.807) is 0 Å². The van der Waals surface area contributed by atoms with Crippen LogP contribution >= 0.6 is 0 Å². The van der Waals surface area contributed by atoms with Crippen molar-refractivity contribution in [1.82, 2.24) is 9.80 Å². The van der Waals surface area contributed by atoms with Crippen LogP contribution in [0.5, 0.6) is 0 Å². The Hall–Kier alpha value is -1.84. The van der Waals surface area contributed by atoms with E-state index >= 15 is 0 Å². The maximum atomic E-state index is 13.0. The number of carbonyl (C=O) groups is 2. The summed E-state index contributed by atoms with van der Waals surface area (Å²) < 4.78 is 0. The van der Waals surface area contributed by atoms with Crippen LogP contribution in [0.1, 0.15) is 43.2 Å². The van der Waals surface area contributed by atoms with E-state index in [1.165, 1.54) is 24.0 Å². The minimum absolute atomic E-state index is 0.255. The van der Waals surface area contributed by atoms with Gasteiger partial charge in [0.1, 0.15) is 0 Å². The molecule has 1 aromatic carbocycles. The monoisotopic (exact) mass is 326 g/mol. The number of aryl methyl sites for hydroxylation is 1. The minimum atomic E-state index is -0.303. The third-order valence-corrected chi connectivity index (χ3v) is 5.92. The molecule has 4 heteroatoms. The molecule has 0 radical (unpaired) electrons. The molecule has 3 fully saturated rings. The number of hydrogen-bond acceptors (Lipinski definition) is 2. The van der Waals surface area contributed by atoms with E-state index in [1.807, 2.05) is 9.80 Å². The van der Waals surface area contributed by atoms with Crippen molar-refractivity contribution in [3.05, 3.63) is 35.4 Å². The summed E-state index contributed by atoms with van der Waals surface area (Å²) in [7, 11) is 0. The van der Waals surface area contributed by atoms with Gasteiger partial charge in [0.2, 0.25) is 11.8 Å². The number of amides is 2. The van der Waals surface area contributed by atoms with Crippen LogP contribution in [-0.2, 0) is 16.1 Å². The molecule has 2 heterocycles. The van der Waals surface area contributed by atoms with E-state index in [-0.39, 0.29) is 17.2 Å². The number of hydrogen-bond donors (Lipinski definition) is 0. The second-order valence-corrected chi connectivity index (χ2v) is 7.96. The molecule has 0 bridgehead atoms. The summed E-state index contributed by atoms with van der Waals surface area (Å²) in [5.74, 6) is 1.14. The first-order chi connectivity index (χ1) is 11.6. The first-order valence-corrected chi connectivity index (χ1v) is 9.18. The molecular formula is C20H26N2O2. The fourth-order valence-electron chi connectivity index (χ4n) is 4.24. The molecule has 0 N–H and O–H groups in total. The fourth-order valence-corrected chi connectivity index (χ4v) is 4.24. The summed E-state index contributed by atoms with van der Waals surface area (Å²) in [4.78, 5) is 29.3. The normalized spacial score (nSPS) is 26.6. The number of carbonyl (C=O) groups excluding carboxylic acids is 2. The zero-order chi connectivity index (χ0) is 16.7. The number of benzene rings is 1. The van der Waals surface area contributed by atoms with Gasteiger partial charge in [-0.1, -0.05) is 29.8 Å². The van der Waals surface area contributed by atoms with Gasteiger partial charge < -0.3 is 9.80 Å². The van der Waals surface area contributed by atoms with Crippen molar-refractivity contribution >= 4 is 11.8 Å². The van der Waals surface area contributed by atoms with E-state index in [0.717, 1.165) is 25.9 Å². The highest BCUT2D eigenvalue weighted by atomic mass is 16.2. The molecule has 1 saturated carbocycles. The third-order valence-electron chi connectivity index (χ3n) is 5.92. The molecule has 1 spiro atoms. The van der Waals surface area contributed by atoms with Crippen molar-refractivity contribution < 1.29 is 9.59 Å². The maximum absolute atomic E-state index is 13.0. The van der Waals surface area contributed by atoms with Crippen LogP contribution in [0.3, 0.4) is 0 Å². The Labute approximate surface area is 143 Å². The third kappa shape index (κ3) is 2.94. The highest BCUT2D eigenvalue weighted by Crippen LogP contribution is 2.42. The molecule has 1 aliphatic carbocycles. The van der Waals surface area contributed by atoms with E-state index < -0.39 is 0 Å². The topological polar surface area (TPSA) is 40.6 Å². The lowest BCUT2D eigenvalue weighted by molar-refractivity contribution is -0.137. The molecule has 2 aliphatic heterocycles. The highest BCUT2D eigenvalue weighted by molar-refractivity contribution is 5.87. The van der Waals surface area contributed by atoms with Crippen LogP contribution in [0, 0.1) is 18.3 Å². The van der Waals surface area contributed by atoms with Gasteiger partial charge >= 0.3 is 0 Å². The maximum Gasteiger partial charge on any atom is 0.231 e. The van der Waals surface area contributed by atoms with Crippen molar-refractivity contribution in [3.8, 4) is 0 Å². The average Bonchev–Trinajstić information content (AvgIpc) is 3.18. The van der Waals surface area contributed by atoms with E-state index in [9.17, 15) is 9.59 Å². The minimum Gasteiger partial charge on any atom is -0.342 e. The zero-order valence-electron chi connectivity index (χ0n) is 14.5. The summed E-state index contributed by atoms with van der Waals surface area (Å²) in [6.07, 6.45) is 4.83. The van der Waals surface area contributed by atoms with Crippen molar-refractivity contribution in [1.29, 1.82) is 0 Å². The second kappa shape index (κ2) is 5.91. The summed E-state index contributed by atoms with van der Waals surface area (Å²) in [5.41, 5.74) is 2.12. The molecule has 3 aliphatic rings. The molecule has 128 valence electrons. The lowest BCUT2D eigenvalue weighted by atomic mass is 9.85. The summed E-state index contributed by atoms with van der Waals surface area (Å²) in [6.45, 7) is 4.99. The van der Waals surface area contributed by atoms with Gasteiger partial charge in [0.05, 0.1) is 5.41 Å². The zero-order valence-corrected chi connectivity index (χ0v) is 14.5. The molecule has 0 unspecified atom stereocenters. The van der Waals surface area contributed by atoms with Crippen LogP contribution < -0.4 is 0 Å². The Morgan fingerprint density at radius 1 is 1.25 bits per heavy atom. The van der Waals surface area contributed by atoms with E-state index in [0.29, 0.717) is 25.4 Å². The smallest absolute Gasteiger partial charge is 0.231 e. The molecular weight excluding hydrogens is 300 g/mol. The van der Waals surface area contributed by atoms with Gasteiger partial charge in [-0.25, -0.2) is 0 Å². The molecule has 2 amide bonds. The van der Waals surface area contributed by atoms with Crippen LogP contribution in [-0.4, -0.2) is 41.2 Å². The Bertz CT molecular complexity index is 667. The van der Waals surface area contributed by atoms with Gasteiger partial charge in [-0.15, -0.1) is 0 Å². The van der Waals surface area contributed by atoms with Crippen LogP contribution in [0.25, 0.3) is 0 Å². The van der Waals surface area contributed by atoms with Gasteiger partial charge in [0, 0.05) is 32.6 Å². The standard InChI is InChI=1S/C20H26N2O2/c1-15-3-2-4-17(11-15)13-21-9-7-20(19(21)24)8-10-22(14-20)18(23)12-16-5-6-16/h2-4,11,16H,5-10,12-14H2,1H3/t20-/m1/s1. The lowest BCUT2D eigenvalue weighted by Crippen LogP contribution is -2.38. The quantitative estimate of drug-likeness (QED) is 0.853. The number of likely N-dealkylation sites (tertiary alicyclic amines) is 2. The molecule has 2 saturated heterocycles. The Morgan fingerprint density at radius 3 is 2.79 bits per heavy atom. The molecule has 0 aromatic heterocycles. The Balaban J connectivity index is 1.40. The predicted molar refractivity (Wildman–Crippen MR) is 92.2 cm³/mol. The number of nitrogens with zero attached hydrogens (tertiary/aromatic N) is 2. The van der Waals surface area contributed by atoms with Crippen LogP contribution in [0.4, 0.5) is 0 Å². The Kier molecular flexibility index (Phi) is 3.86. The first kappa shape index (κ1) is 15.7. The number of rotatable bonds is 4. The van der Waals surface area contributed by atoms with Crippen LogP contribution in [0.2, 0.25) is 0 Å². The Morgan fingerprint density at radius 2 is 2.04 bits per heavy atom. The summed E-state index contributed by atoms with van der Waals surface area (Å²) in [6, 6.07) is 8.37. The fraction of sp³-hybridized carbons (Fsp3) is 0.600. The van der Waals surface area contributed by atoms with Crippen molar-refractivity contribution in [2.24, 2.45) is 11.3 Å². The summed E-state index contributed by atoms with van der Waals surface area (Å²) in [5, 5.41) is 0. The largest absolute Gasteiger partial charge is 0.342 e.